The van der Waals surface area contributed by atoms with E-state index in [4.69, 9.17) is 19.5 Å². The van der Waals surface area contributed by atoms with Gasteiger partial charge in [-0.25, -0.2) is 0 Å². The standard InChI is InChI=1S/C28H40N6O3.C7H8O3S/c1-19(2)26-31-28(37-32-26)33-13-10-21(11-14-33)6-5-15-36-24-9-8-22(20(3)16-24)17-25(30)27(35)34-12-4-7-23(34)18-29;1-6-2-4-7(5-3-6)11(8,9)10/h8-9,16,19,21,23,25H,4-7,10-15,17,30H2,1-3H3;2-5H,1H3,(H,8,9,10)/t23-,25-;/m0./s1. The van der Waals surface area contributed by atoms with E-state index in [1.54, 1.807) is 17.0 Å². The van der Waals surface area contributed by atoms with Crippen LogP contribution >= 0.6 is 0 Å². The minimum atomic E-state index is -4.02. The van der Waals surface area contributed by atoms with Crippen molar-refractivity contribution in [3.8, 4) is 11.8 Å². The molecule has 2 saturated heterocycles. The van der Waals surface area contributed by atoms with Crippen molar-refractivity contribution in [3.05, 3.63) is 65.0 Å². The number of nitriles is 1. The van der Waals surface area contributed by atoms with Crippen molar-refractivity contribution in [2.24, 2.45) is 11.7 Å². The molecule has 3 heterocycles. The fourth-order valence-corrected chi connectivity index (χ4v) is 6.44. The number of carbonyl (C=O) groups is 1. The Balaban J connectivity index is 0.000000401. The fourth-order valence-electron chi connectivity index (χ4n) is 5.96. The molecule has 48 heavy (non-hydrogen) atoms. The van der Waals surface area contributed by atoms with E-state index in [1.165, 1.54) is 12.1 Å². The highest BCUT2D eigenvalue weighted by atomic mass is 32.2. The third-order valence-corrected chi connectivity index (χ3v) is 9.80. The number of amides is 1. The molecule has 0 bridgehead atoms. The number of anilines is 1. The van der Waals surface area contributed by atoms with E-state index in [1.807, 2.05) is 32.0 Å². The van der Waals surface area contributed by atoms with Crippen LogP contribution in [0.15, 0.2) is 51.9 Å². The first kappa shape index (κ1) is 36.8. The number of hydrogen-bond acceptors (Lipinski definition) is 10. The number of rotatable bonds is 11. The van der Waals surface area contributed by atoms with E-state index in [0.717, 1.165) is 79.9 Å². The van der Waals surface area contributed by atoms with Crippen LogP contribution in [0, 0.1) is 31.1 Å². The number of aryl methyl sites for hydroxylation is 2. The van der Waals surface area contributed by atoms with Crippen molar-refractivity contribution in [1.82, 2.24) is 15.0 Å². The quantitative estimate of drug-likeness (QED) is 0.201. The lowest BCUT2D eigenvalue weighted by Crippen LogP contribution is -2.46. The molecule has 2 aromatic carbocycles. The second-order valence-corrected chi connectivity index (χ2v) is 14.4. The maximum atomic E-state index is 12.7. The Morgan fingerprint density at radius 2 is 1.83 bits per heavy atom. The van der Waals surface area contributed by atoms with Crippen LogP contribution in [0.1, 0.15) is 80.8 Å². The molecule has 5 rings (SSSR count). The normalized spacial score (nSPS) is 17.5. The van der Waals surface area contributed by atoms with E-state index < -0.39 is 16.2 Å². The summed E-state index contributed by atoms with van der Waals surface area (Å²) in [5, 5.41) is 13.3. The highest BCUT2D eigenvalue weighted by molar-refractivity contribution is 7.85. The second-order valence-electron chi connectivity index (χ2n) is 13.0. The summed E-state index contributed by atoms with van der Waals surface area (Å²) in [4.78, 5) is 21.0. The second kappa shape index (κ2) is 16.9. The van der Waals surface area contributed by atoms with Crippen LogP contribution in [-0.2, 0) is 21.3 Å². The van der Waals surface area contributed by atoms with Crippen LogP contribution in [0.5, 0.6) is 5.75 Å². The average Bonchev–Trinajstić information content (AvgIpc) is 3.75. The Hall–Kier alpha value is -3.99. The lowest BCUT2D eigenvalue weighted by molar-refractivity contribution is -0.132. The Morgan fingerprint density at radius 1 is 1.12 bits per heavy atom. The zero-order valence-corrected chi connectivity index (χ0v) is 29.2. The number of likely N-dealkylation sites (tertiary alicyclic amines) is 1. The molecular weight excluding hydrogens is 632 g/mol. The van der Waals surface area contributed by atoms with Crippen molar-refractivity contribution in [2.75, 3.05) is 31.1 Å². The number of carbonyl (C=O) groups excluding carboxylic acids is 1. The molecular formula is C35H48N6O6S. The van der Waals surface area contributed by atoms with E-state index in [2.05, 4.69) is 35.0 Å². The van der Waals surface area contributed by atoms with Gasteiger partial charge in [-0.15, -0.1) is 0 Å². The lowest BCUT2D eigenvalue weighted by atomic mass is 9.92. The van der Waals surface area contributed by atoms with Crippen molar-refractivity contribution in [2.45, 2.75) is 95.5 Å². The minimum Gasteiger partial charge on any atom is -0.494 e. The van der Waals surface area contributed by atoms with Gasteiger partial charge in [0.1, 0.15) is 11.8 Å². The highest BCUT2D eigenvalue weighted by Crippen LogP contribution is 2.27. The first-order valence-electron chi connectivity index (χ1n) is 16.7. The van der Waals surface area contributed by atoms with Crippen molar-refractivity contribution in [1.29, 1.82) is 5.26 Å². The number of piperidine rings is 1. The van der Waals surface area contributed by atoms with Gasteiger partial charge in [-0.3, -0.25) is 9.35 Å². The van der Waals surface area contributed by atoms with Gasteiger partial charge in [0, 0.05) is 25.6 Å². The van der Waals surface area contributed by atoms with Gasteiger partial charge < -0.3 is 24.8 Å². The summed E-state index contributed by atoms with van der Waals surface area (Å²) in [5.41, 5.74) is 9.29. The molecule has 2 fully saturated rings. The summed E-state index contributed by atoms with van der Waals surface area (Å²) in [6.07, 6.45) is 6.46. The number of nitrogens with two attached hydrogens (primary N) is 1. The molecule has 3 aromatic rings. The van der Waals surface area contributed by atoms with Crippen LogP contribution in [-0.4, -0.2) is 72.2 Å². The molecule has 13 heteroatoms. The van der Waals surface area contributed by atoms with Gasteiger partial charge in [0.25, 0.3) is 10.1 Å². The molecule has 0 unspecified atom stereocenters. The average molecular weight is 681 g/mol. The van der Waals surface area contributed by atoms with Gasteiger partial charge in [-0.2, -0.15) is 18.7 Å². The fraction of sp³-hybridized carbons (Fsp3) is 0.543. The zero-order valence-electron chi connectivity index (χ0n) is 28.3. The molecule has 260 valence electrons. The number of nitrogens with zero attached hydrogens (tertiary/aromatic N) is 5. The number of ether oxygens (including phenoxy) is 1. The minimum absolute atomic E-state index is 0.0666. The summed E-state index contributed by atoms with van der Waals surface area (Å²) >= 11 is 0. The zero-order chi connectivity index (χ0) is 34.8. The molecule has 1 aromatic heterocycles. The Kier molecular flexibility index (Phi) is 13.0. The number of benzene rings is 2. The first-order valence-corrected chi connectivity index (χ1v) is 18.1. The van der Waals surface area contributed by atoms with Crippen LogP contribution in [0.3, 0.4) is 0 Å². The predicted molar refractivity (Wildman–Crippen MR) is 182 cm³/mol. The van der Waals surface area contributed by atoms with Gasteiger partial charge in [0.15, 0.2) is 5.82 Å². The number of hydrogen-bond donors (Lipinski definition) is 2. The summed E-state index contributed by atoms with van der Waals surface area (Å²) in [6, 6.07) is 13.9. The van der Waals surface area contributed by atoms with Crippen molar-refractivity contribution < 1.29 is 27.0 Å². The summed E-state index contributed by atoms with van der Waals surface area (Å²) in [6.45, 7) is 11.2. The Labute approximate surface area is 284 Å². The molecule has 3 N–H and O–H groups in total. The highest BCUT2D eigenvalue weighted by Gasteiger charge is 2.32. The maximum absolute atomic E-state index is 12.7. The summed E-state index contributed by atoms with van der Waals surface area (Å²) in [5.74, 6) is 2.44. The topological polar surface area (TPSA) is 176 Å². The Morgan fingerprint density at radius 3 is 2.44 bits per heavy atom. The van der Waals surface area contributed by atoms with Gasteiger partial charge in [0.2, 0.25) is 5.91 Å². The van der Waals surface area contributed by atoms with Crippen LogP contribution < -0.4 is 15.4 Å². The molecule has 12 nitrogen and oxygen atoms in total. The predicted octanol–water partition coefficient (Wildman–Crippen LogP) is 5.20. The molecule has 2 aliphatic rings. The SMILES string of the molecule is Cc1cc(OCCCC2CCN(c3nc(C(C)C)no3)CC2)ccc1C[C@H](N)C(=O)N1CCC[C@H]1C#N.Cc1ccc(S(=O)(=O)O)cc1. The molecule has 2 aliphatic heterocycles. The molecule has 0 aliphatic carbocycles. The molecule has 0 radical (unpaired) electrons. The van der Waals surface area contributed by atoms with E-state index in [9.17, 15) is 18.5 Å². The van der Waals surface area contributed by atoms with E-state index >= 15 is 0 Å². The third-order valence-electron chi connectivity index (χ3n) is 8.93. The maximum Gasteiger partial charge on any atom is 0.324 e. The molecule has 2 atom stereocenters. The van der Waals surface area contributed by atoms with Crippen LogP contribution in [0.2, 0.25) is 0 Å². The molecule has 0 spiro atoms. The number of aromatic nitrogens is 2. The Bertz CT molecular complexity index is 1640. The van der Waals surface area contributed by atoms with Gasteiger partial charge in [0.05, 0.1) is 23.6 Å². The lowest BCUT2D eigenvalue weighted by Gasteiger charge is -2.30. The van der Waals surface area contributed by atoms with Crippen molar-refractivity contribution in [3.63, 3.8) is 0 Å². The summed E-state index contributed by atoms with van der Waals surface area (Å²) < 4.78 is 41.0. The smallest absolute Gasteiger partial charge is 0.324 e. The largest absolute Gasteiger partial charge is 0.494 e. The van der Waals surface area contributed by atoms with Gasteiger partial charge in [-0.1, -0.05) is 42.8 Å². The monoisotopic (exact) mass is 680 g/mol. The van der Waals surface area contributed by atoms with Crippen LogP contribution in [0.25, 0.3) is 0 Å². The molecule has 1 amide bonds. The van der Waals surface area contributed by atoms with Gasteiger partial charge in [-0.05, 0) is 100 Å². The van der Waals surface area contributed by atoms with Crippen LogP contribution in [0.4, 0.5) is 6.01 Å². The van der Waals surface area contributed by atoms with E-state index in [0.29, 0.717) is 31.5 Å². The summed E-state index contributed by atoms with van der Waals surface area (Å²) in [7, 11) is -4.02. The van der Waals surface area contributed by atoms with E-state index in [-0.39, 0.29) is 22.8 Å². The van der Waals surface area contributed by atoms with Gasteiger partial charge >= 0.3 is 6.01 Å². The van der Waals surface area contributed by atoms with Crippen molar-refractivity contribution >= 4 is 22.0 Å². The molecule has 0 saturated carbocycles. The first-order chi connectivity index (χ1) is 22.8. The third kappa shape index (κ3) is 10.3.